The number of hydrogen-bond donors (Lipinski definition) is 4. The minimum atomic E-state index is -1.53. The summed E-state index contributed by atoms with van der Waals surface area (Å²) in [6.07, 6.45) is 5.26. The van der Waals surface area contributed by atoms with Gasteiger partial charge in [0.25, 0.3) is 0 Å². The first-order valence-corrected chi connectivity index (χ1v) is 16.8. The van der Waals surface area contributed by atoms with E-state index in [1.165, 1.54) is 0 Å². The molecule has 4 N–H and O–H groups in total. The summed E-state index contributed by atoms with van der Waals surface area (Å²) >= 11 is 0. The first kappa shape index (κ1) is 30.2. The molecule has 1 spiro atoms. The molecule has 3 saturated heterocycles. The minimum absolute atomic E-state index is 0.0388. The summed E-state index contributed by atoms with van der Waals surface area (Å²) in [7, 11) is 4.99. The predicted octanol–water partition coefficient (Wildman–Crippen LogP) is 2.40. The van der Waals surface area contributed by atoms with Crippen LogP contribution in [0.3, 0.4) is 0 Å². The van der Waals surface area contributed by atoms with Crippen LogP contribution in [-0.4, -0.2) is 101 Å². The van der Waals surface area contributed by atoms with Crippen molar-refractivity contribution in [2.75, 3.05) is 26.6 Å². The molecule has 1 aromatic carbocycles. The molecular formula is C34H47N3O8. The van der Waals surface area contributed by atoms with Crippen molar-refractivity contribution in [1.82, 2.24) is 10.4 Å². The lowest BCUT2D eigenvalue weighted by molar-refractivity contribution is -0.343. The number of methoxy groups -OCH3 is 3. The standard InChI is InChI=1S/C34H47N3O8/c1-18-31(45-30(39)20-11-7-8-12-22(20)35-29(38)19-9-5-6-10-19)14-13-27(43-3)33-24(31)16-26(37(33)36-18)32(40)17-23(42-2)21-15-25(33)34(32,41)28(21)44-4/h7-8,11-12,18-19,21,23-28,36,40-41H,5-6,9-10,13-17H2,1-4H3,(H,35,38)/t18-,21+,23-,24?,25?,26?,27-,28-,31+,32-,33?,34-/m0/s1. The number of benzene rings is 1. The van der Waals surface area contributed by atoms with Crippen molar-refractivity contribution in [3.63, 3.8) is 0 Å². The van der Waals surface area contributed by atoms with Gasteiger partial charge < -0.3 is 34.5 Å². The van der Waals surface area contributed by atoms with Crippen LogP contribution in [0.2, 0.25) is 0 Å². The number of nitrogens with zero attached hydrogens (tertiary/aromatic N) is 1. The molecule has 7 fully saturated rings. The Morgan fingerprint density at radius 1 is 1.00 bits per heavy atom. The van der Waals surface area contributed by atoms with Gasteiger partial charge in [-0.2, -0.15) is 0 Å². The first-order chi connectivity index (χ1) is 21.6. The summed E-state index contributed by atoms with van der Waals surface area (Å²) in [5, 5.41) is 30.8. The van der Waals surface area contributed by atoms with Crippen LogP contribution in [0, 0.1) is 23.7 Å². The molecule has 4 saturated carbocycles. The number of aliphatic hydroxyl groups is 2. The van der Waals surface area contributed by atoms with Gasteiger partial charge in [-0.15, -0.1) is 0 Å². The van der Waals surface area contributed by atoms with E-state index in [9.17, 15) is 19.8 Å². The molecule has 5 unspecified atom stereocenters. The van der Waals surface area contributed by atoms with Crippen LogP contribution < -0.4 is 10.7 Å². The Kier molecular flexibility index (Phi) is 6.84. The smallest absolute Gasteiger partial charge is 0.340 e. The molecule has 11 heteroatoms. The molecule has 7 aliphatic rings. The van der Waals surface area contributed by atoms with Crippen LogP contribution in [0.5, 0.6) is 0 Å². The largest absolute Gasteiger partial charge is 0.453 e. The fraction of sp³-hybridized carbons (Fsp3) is 0.765. The number of carbonyl (C=O) groups excluding carboxylic acids is 2. The van der Waals surface area contributed by atoms with Gasteiger partial charge in [-0.1, -0.05) is 25.0 Å². The van der Waals surface area contributed by atoms with E-state index >= 15 is 0 Å². The lowest BCUT2D eigenvalue weighted by Gasteiger charge is -2.70. The van der Waals surface area contributed by atoms with Gasteiger partial charge in [0.1, 0.15) is 16.8 Å². The van der Waals surface area contributed by atoms with Crippen molar-refractivity contribution in [1.29, 1.82) is 0 Å². The highest BCUT2D eigenvalue weighted by Crippen LogP contribution is 2.74. The van der Waals surface area contributed by atoms with E-state index in [1.807, 2.05) is 13.0 Å². The zero-order valence-corrected chi connectivity index (χ0v) is 26.7. The molecule has 7 bridgehead atoms. The average molecular weight is 626 g/mol. The molecular weight excluding hydrogens is 578 g/mol. The van der Waals surface area contributed by atoms with E-state index in [2.05, 4.69) is 15.8 Å². The van der Waals surface area contributed by atoms with Crippen molar-refractivity contribution < 1.29 is 38.7 Å². The van der Waals surface area contributed by atoms with Gasteiger partial charge in [0, 0.05) is 51.4 Å². The number of hydrazine groups is 1. The number of ether oxygens (including phenoxy) is 4. The summed E-state index contributed by atoms with van der Waals surface area (Å²) in [4.78, 5) is 27.3. The molecule has 1 amide bonds. The molecule has 246 valence electrons. The molecule has 45 heavy (non-hydrogen) atoms. The van der Waals surface area contributed by atoms with Crippen molar-refractivity contribution in [2.45, 2.75) is 117 Å². The second-order valence-corrected chi connectivity index (χ2v) is 14.9. The minimum Gasteiger partial charge on any atom is -0.453 e. The van der Waals surface area contributed by atoms with Crippen LogP contribution in [0.25, 0.3) is 0 Å². The SMILES string of the molecule is CO[C@H]1C[C@]2(O)C3CC4C5(C6C[C@H]1[C@H](OC)[C@@]62O)[C@@H](OC)CC[C@@]4(OC(=O)c1ccccc1NC(=O)C1CCCC1)[C@H](C)NN35. The Hall–Kier alpha value is -2.12. The third kappa shape index (κ3) is 3.55. The van der Waals surface area contributed by atoms with E-state index in [0.717, 1.165) is 25.7 Å². The van der Waals surface area contributed by atoms with Crippen LogP contribution in [0.4, 0.5) is 5.69 Å². The number of piperidine rings is 1. The number of amides is 1. The topological polar surface area (TPSA) is 139 Å². The zero-order chi connectivity index (χ0) is 31.5. The monoisotopic (exact) mass is 625 g/mol. The maximum atomic E-state index is 14.3. The number of anilines is 1. The number of hydrogen-bond acceptors (Lipinski definition) is 10. The highest BCUT2D eigenvalue weighted by atomic mass is 16.6. The summed E-state index contributed by atoms with van der Waals surface area (Å²) in [6.45, 7) is 2.04. The van der Waals surface area contributed by atoms with Crippen molar-refractivity contribution in [3.8, 4) is 0 Å². The lowest BCUT2D eigenvalue weighted by Crippen LogP contribution is -2.89. The van der Waals surface area contributed by atoms with E-state index in [-0.39, 0.29) is 41.9 Å². The quantitative estimate of drug-likeness (QED) is 0.334. The Balaban J connectivity index is 1.19. The molecule has 8 rings (SSSR count). The third-order valence-corrected chi connectivity index (χ3v) is 13.6. The maximum absolute atomic E-state index is 14.3. The predicted molar refractivity (Wildman–Crippen MR) is 162 cm³/mol. The Morgan fingerprint density at radius 3 is 2.47 bits per heavy atom. The van der Waals surface area contributed by atoms with Crippen molar-refractivity contribution >= 4 is 17.6 Å². The second kappa shape index (κ2) is 10.2. The van der Waals surface area contributed by atoms with E-state index < -0.39 is 46.4 Å². The molecule has 0 radical (unpaired) electrons. The van der Waals surface area contributed by atoms with Crippen LogP contribution in [0.15, 0.2) is 24.3 Å². The Labute approximate surface area is 264 Å². The number of esters is 1. The van der Waals surface area contributed by atoms with Crippen LogP contribution in [0.1, 0.15) is 75.1 Å². The number of fused-ring (bicyclic) bond motifs is 2. The van der Waals surface area contributed by atoms with E-state index in [4.69, 9.17) is 18.9 Å². The number of nitrogens with one attached hydrogen (secondary N) is 2. The van der Waals surface area contributed by atoms with E-state index in [0.29, 0.717) is 43.4 Å². The van der Waals surface area contributed by atoms with Crippen molar-refractivity contribution in [2.24, 2.45) is 23.7 Å². The highest BCUT2D eigenvalue weighted by Gasteiger charge is 2.89. The Bertz CT molecular complexity index is 1390. The van der Waals surface area contributed by atoms with Gasteiger partial charge in [0.05, 0.1) is 47.2 Å². The molecule has 13 atom stereocenters. The molecule has 3 heterocycles. The van der Waals surface area contributed by atoms with Crippen LogP contribution >= 0.6 is 0 Å². The molecule has 0 aromatic heterocycles. The fourth-order valence-electron chi connectivity index (χ4n) is 11.9. The van der Waals surface area contributed by atoms with Gasteiger partial charge in [0.2, 0.25) is 5.91 Å². The normalized spacial score (nSPS) is 49.2. The average Bonchev–Trinajstić information content (AvgIpc) is 3.72. The summed E-state index contributed by atoms with van der Waals surface area (Å²) < 4.78 is 25.0. The number of rotatable bonds is 7. The lowest BCUT2D eigenvalue weighted by atomic mass is 9.52. The maximum Gasteiger partial charge on any atom is 0.340 e. The van der Waals surface area contributed by atoms with Gasteiger partial charge in [-0.05, 0) is 57.6 Å². The molecule has 11 nitrogen and oxygen atoms in total. The van der Waals surface area contributed by atoms with Crippen LogP contribution in [-0.2, 0) is 23.7 Å². The first-order valence-electron chi connectivity index (χ1n) is 16.8. The zero-order valence-electron chi connectivity index (χ0n) is 26.7. The van der Waals surface area contributed by atoms with Crippen molar-refractivity contribution in [3.05, 3.63) is 29.8 Å². The number of carbonyl (C=O) groups is 2. The Morgan fingerprint density at radius 2 is 1.76 bits per heavy atom. The molecule has 4 aliphatic carbocycles. The summed E-state index contributed by atoms with van der Waals surface area (Å²) in [5.74, 6) is -1.32. The summed E-state index contributed by atoms with van der Waals surface area (Å²) in [6, 6.07) is 6.33. The third-order valence-electron chi connectivity index (χ3n) is 13.6. The van der Waals surface area contributed by atoms with Gasteiger partial charge >= 0.3 is 5.97 Å². The van der Waals surface area contributed by atoms with Gasteiger partial charge in [-0.3, -0.25) is 4.79 Å². The highest BCUT2D eigenvalue weighted by molar-refractivity contribution is 6.02. The summed E-state index contributed by atoms with van der Waals surface area (Å²) in [5.41, 5.74) is -0.240. The molecule has 3 aliphatic heterocycles. The second-order valence-electron chi connectivity index (χ2n) is 14.9. The van der Waals surface area contributed by atoms with Gasteiger partial charge in [0.15, 0.2) is 0 Å². The number of para-hydroxylation sites is 1. The van der Waals surface area contributed by atoms with Gasteiger partial charge in [-0.25, -0.2) is 15.2 Å². The molecule has 1 aromatic rings. The fourth-order valence-corrected chi connectivity index (χ4v) is 11.9. The van der Waals surface area contributed by atoms with E-state index in [1.54, 1.807) is 39.5 Å².